The lowest BCUT2D eigenvalue weighted by Crippen LogP contribution is -1.99. The van der Waals surface area contributed by atoms with Crippen molar-refractivity contribution in [1.29, 1.82) is 0 Å². The summed E-state index contributed by atoms with van der Waals surface area (Å²) in [7, 11) is 0. The number of hydrogen-bond donors (Lipinski definition) is 0. The Balaban J connectivity index is 0.985. The van der Waals surface area contributed by atoms with Crippen LogP contribution in [-0.4, -0.2) is 15.0 Å². The van der Waals surface area contributed by atoms with Crippen LogP contribution in [0.4, 0.5) is 0 Å². The van der Waals surface area contributed by atoms with Crippen molar-refractivity contribution >= 4 is 75.4 Å². The highest BCUT2D eigenvalue weighted by molar-refractivity contribution is 7.26. The molecule has 0 amide bonds. The van der Waals surface area contributed by atoms with Crippen molar-refractivity contribution in [2.75, 3.05) is 0 Å². The fourth-order valence-corrected chi connectivity index (χ4v) is 9.49. The molecule has 12 rings (SSSR count). The van der Waals surface area contributed by atoms with Crippen LogP contribution in [0.5, 0.6) is 0 Å². The molecule has 0 N–H and O–H groups in total. The van der Waals surface area contributed by atoms with E-state index in [-0.39, 0.29) is 0 Å². The van der Waals surface area contributed by atoms with Gasteiger partial charge in [-0.25, -0.2) is 15.0 Å². The molecule has 4 aromatic heterocycles. The number of furan rings is 2. The molecule has 266 valence electrons. The predicted octanol–water partition coefficient (Wildman–Crippen LogP) is 14.4. The number of hydrogen-bond acceptors (Lipinski definition) is 6. The standard InChI is InChI=1S/C51H29N3O2S/c1-3-12-30(13-4-1)49-52-50(31-14-5-2-6-15-31)54-51(53-49)33-24-26-39-45(29-33)57-44-23-11-17-34(47(39)44)32-25-27-42-40(28-32)37-20-9-19-36(48(37)56-42)35-18-10-22-43-46(35)38-16-7-8-21-41(38)55-43/h1-29H. The number of aromatic nitrogens is 3. The molecule has 0 atom stereocenters. The largest absolute Gasteiger partial charge is 0.456 e. The van der Waals surface area contributed by atoms with Crippen LogP contribution in [0.15, 0.2) is 185 Å². The summed E-state index contributed by atoms with van der Waals surface area (Å²) in [4.78, 5) is 14.9. The van der Waals surface area contributed by atoms with Gasteiger partial charge >= 0.3 is 0 Å². The topological polar surface area (TPSA) is 65.0 Å². The Morgan fingerprint density at radius 1 is 0.333 bits per heavy atom. The van der Waals surface area contributed by atoms with E-state index in [1.165, 1.54) is 25.7 Å². The van der Waals surface area contributed by atoms with Gasteiger partial charge in [-0.3, -0.25) is 0 Å². The van der Waals surface area contributed by atoms with Crippen LogP contribution in [-0.2, 0) is 0 Å². The highest BCUT2D eigenvalue weighted by Gasteiger charge is 2.20. The van der Waals surface area contributed by atoms with Crippen LogP contribution in [0.2, 0.25) is 0 Å². The fraction of sp³-hybridized carbons (Fsp3) is 0. The first-order valence-electron chi connectivity index (χ1n) is 18.9. The van der Waals surface area contributed by atoms with Crippen LogP contribution < -0.4 is 0 Å². The molecule has 8 aromatic carbocycles. The van der Waals surface area contributed by atoms with Crippen LogP contribution in [0.25, 0.3) is 120 Å². The molecular weight excluding hydrogens is 719 g/mol. The third-order valence-corrected chi connectivity index (χ3v) is 12.1. The summed E-state index contributed by atoms with van der Waals surface area (Å²) >= 11 is 1.79. The van der Waals surface area contributed by atoms with Crippen molar-refractivity contribution in [2.45, 2.75) is 0 Å². The van der Waals surface area contributed by atoms with Gasteiger partial charge in [0, 0.05) is 64.0 Å². The van der Waals surface area contributed by atoms with Gasteiger partial charge in [-0.05, 0) is 53.1 Å². The second-order valence-corrected chi connectivity index (χ2v) is 15.4. The monoisotopic (exact) mass is 747 g/mol. The lowest BCUT2D eigenvalue weighted by molar-refractivity contribution is 0.668. The van der Waals surface area contributed by atoms with Gasteiger partial charge < -0.3 is 8.83 Å². The SMILES string of the molecule is c1ccc(-c2nc(-c3ccccc3)nc(-c3ccc4c(c3)sc3cccc(-c5ccc6oc7c(-c8cccc9oc%10ccccc%10c89)cccc7c6c5)c34)n2)cc1. The van der Waals surface area contributed by atoms with E-state index in [1.54, 1.807) is 11.3 Å². The molecule has 0 aliphatic heterocycles. The molecular formula is C51H29N3O2S. The van der Waals surface area contributed by atoms with Crippen molar-refractivity contribution in [1.82, 2.24) is 15.0 Å². The molecule has 57 heavy (non-hydrogen) atoms. The molecule has 0 aliphatic rings. The molecule has 0 saturated heterocycles. The Morgan fingerprint density at radius 2 is 0.947 bits per heavy atom. The molecule has 12 aromatic rings. The zero-order valence-corrected chi connectivity index (χ0v) is 31.1. The van der Waals surface area contributed by atoms with E-state index >= 15 is 0 Å². The van der Waals surface area contributed by atoms with Gasteiger partial charge in [-0.15, -0.1) is 11.3 Å². The Kier molecular flexibility index (Phi) is 7.03. The van der Waals surface area contributed by atoms with Crippen molar-refractivity contribution in [3.8, 4) is 56.4 Å². The van der Waals surface area contributed by atoms with E-state index < -0.39 is 0 Å². The van der Waals surface area contributed by atoms with Gasteiger partial charge in [0.05, 0.1) is 0 Å². The van der Waals surface area contributed by atoms with Gasteiger partial charge in [-0.1, -0.05) is 140 Å². The Labute approximate surface area is 330 Å². The number of thiophene rings is 1. The van der Waals surface area contributed by atoms with Gasteiger partial charge in [0.25, 0.3) is 0 Å². The predicted molar refractivity (Wildman–Crippen MR) is 234 cm³/mol. The average molecular weight is 748 g/mol. The summed E-state index contributed by atoms with van der Waals surface area (Å²) in [6.07, 6.45) is 0. The van der Waals surface area contributed by atoms with E-state index in [2.05, 4.69) is 97.1 Å². The Morgan fingerprint density at radius 3 is 1.75 bits per heavy atom. The van der Waals surface area contributed by atoms with Gasteiger partial charge in [0.1, 0.15) is 22.3 Å². The quantitative estimate of drug-likeness (QED) is 0.175. The summed E-state index contributed by atoms with van der Waals surface area (Å²) in [5, 5.41) is 6.82. The van der Waals surface area contributed by atoms with Crippen molar-refractivity contribution in [2.24, 2.45) is 0 Å². The summed E-state index contributed by atoms with van der Waals surface area (Å²) in [5.74, 6) is 1.95. The summed E-state index contributed by atoms with van der Waals surface area (Å²) < 4.78 is 15.3. The zero-order valence-electron chi connectivity index (χ0n) is 30.3. The minimum atomic E-state index is 0.649. The lowest BCUT2D eigenvalue weighted by atomic mass is 9.96. The average Bonchev–Trinajstić information content (AvgIpc) is 3.97. The molecule has 0 aliphatic carbocycles. The van der Waals surface area contributed by atoms with E-state index in [9.17, 15) is 0 Å². The van der Waals surface area contributed by atoms with Crippen molar-refractivity contribution in [3.63, 3.8) is 0 Å². The normalized spacial score (nSPS) is 11.9. The molecule has 6 heteroatoms. The number of fused-ring (bicyclic) bond motifs is 9. The highest BCUT2D eigenvalue weighted by Crippen LogP contribution is 2.45. The minimum absolute atomic E-state index is 0.649. The third-order valence-electron chi connectivity index (χ3n) is 11.0. The van der Waals surface area contributed by atoms with Gasteiger partial charge in [0.2, 0.25) is 0 Å². The fourth-order valence-electron chi connectivity index (χ4n) is 8.32. The first kappa shape index (κ1) is 31.9. The number of nitrogens with zero attached hydrogens (tertiary/aromatic N) is 3. The molecule has 5 nitrogen and oxygen atoms in total. The third kappa shape index (κ3) is 5.12. The maximum Gasteiger partial charge on any atom is 0.164 e. The van der Waals surface area contributed by atoms with Crippen molar-refractivity contribution < 1.29 is 8.83 Å². The van der Waals surface area contributed by atoms with Crippen LogP contribution in [0.1, 0.15) is 0 Å². The number of rotatable bonds is 5. The molecule has 4 heterocycles. The summed E-state index contributed by atoms with van der Waals surface area (Å²) in [6.45, 7) is 0. The first-order valence-corrected chi connectivity index (χ1v) is 19.7. The lowest BCUT2D eigenvalue weighted by Gasteiger charge is -2.09. The second kappa shape index (κ2) is 12.6. The summed E-state index contributed by atoms with van der Waals surface area (Å²) in [5.41, 5.74) is 10.8. The van der Waals surface area contributed by atoms with Crippen LogP contribution >= 0.6 is 11.3 Å². The summed E-state index contributed by atoms with van der Waals surface area (Å²) in [6, 6.07) is 60.9. The van der Waals surface area contributed by atoms with Crippen molar-refractivity contribution in [3.05, 3.63) is 176 Å². The van der Waals surface area contributed by atoms with Gasteiger partial charge in [0.15, 0.2) is 17.5 Å². The minimum Gasteiger partial charge on any atom is -0.456 e. The smallest absolute Gasteiger partial charge is 0.164 e. The van der Waals surface area contributed by atoms with Crippen LogP contribution in [0.3, 0.4) is 0 Å². The molecule has 0 bridgehead atoms. The van der Waals surface area contributed by atoms with E-state index in [4.69, 9.17) is 23.8 Å². The Bertz CT molecular complexity index is 3470. The molecule has 0 spiro atoms. The van der Waals surface area contributed by atoms with E-state index in [0.717, 1.165) is 77.3 Å². The zero-order chi connectivity index (χ0) is 37.5. The highest BCUT2D eigenvalue weighted by atomic mass is 32.1. The van der Waals surface area contributed by atoms with Crippen LogP contribution in [0, 0.1) is 0 Å². The first-order chi connectivity index (χ1) is 28.2. The van der Waals surface area contributed by atoms with E-state index in [0.29, 0.717) is 17.5 Å². The molecule has 0 radical (unpaired) electrons. The molecule has 0 fully saturated rings. The Hall–Kier alpha value is -7.41. The maximum absolute atomic E-state index is 6.69. The molecule has 0 saturated carbocycles. The van der Waals surface area contributed by atoms with Gasteiger partial charge in [-0.2, -0.15) is 0 Å². The number of benzene rings is 8. The van der Waals surface area contributed by atoms with E-state index in [1.807, 2.05) is 78.9 Å². The number of para-hydroxylation sites is 2. The maximum atomic E-state index is 6.69. The second-order valence-electron chi connectivity index (χ2n) is 14.3. The molecule has 0 unspecified atom stereocenters.